The maximum absolute atomic E-state index is 12.7. The average molecular weight is 351 g/mol. The quantitative estimate of drug-likeness (QED) is 0.840. The summed E-state index contributed by atoms with van der Waals surface area (Å²) in [6, 6.07) is 2.90. The van der Waals surface area contributed by atoms with Crippen molar-refractivity contribution in [2.75, 3.05) is 18.8 Å². The number of hydrogen-bond donors (Lipinski definition) is 1. The van der Waals surface area contributed by atoms with E-state index in [1.165, 1.54) is 16.4 Å². The predicted molar refractivity (Wildman–Crippen MR) is 87.3 cm³/mol. The van der Waals surface area contributed by atoms with Gasteiger partial charge in [-0.25, -0.2) is 8.42 Å². The molecule has 0 amide bonds. The molecule has 21 heavy (non-hydrogen) atoms. The Morgan fingerprint density at radius 1 is 1.29 bits per heavy atom. The van der Waals surface area contributed by atoms with Crippen LogP contribution in [0.3, 0.4) is 0 Å². The van der Waals surface area contributed by atoms with Crippen molar-refractivity contribution < 1.29 is 8.42 Å². The second-order valence-electron chi connectivity index (χ2n) is 5.41. The van der Waals surface area contributed by atoms with Crippen molar-refractivity contribution in [3.63, 3.8) is 0 Å². The second kappa shape index (κ2) is 6.73. The van der Waals surface area contributed by atoms with Gasteiger partial charge in [-0.2, -0.15) is 4.31 Å². The van der Waals surface area contributed by atoms with E-state index in [-0.39, 0.29) is 20.6 Å². The van der Waals surface area contributed by atoms with Gasteiger partial charge in [-0.3, -0.25) is 0 Å². The molecule has 0 bridgehead atoms. The average Bonchev–Trinajstić information content (AvgIpc) is 2.45. The van der Waals surface area contributed by atoms with E-state index in [1.807, 2.05) is 0 Å². The number of rotatable bonds is 4. The lowest BCUT2D eigenvalue weighted by Gasteiger charge is -2.31. The van der Waals surface area contributed by atoms with E-state index in [2.05, 4.69) is 6.92 Å². The molecule has 0 saturated carbocycles. The third-order valence-electron chi connectivity index (χ3n) is 3.98. The molecule has 1 fully saturated rings. The highest BCUT2D eigenvalue weighted by Crippen LogP contribution is 2.35. The first kappa shape index (κ1) is 16.9. The molecule has 0 aromatic heterocycles. The number of piperidine rings is 1. The molecule has 118 valence electrons. The van der Waals surface area contributed by atoms with Crippen LogP contribution in [0.5, 0.6) is 0 Å². The van der Waals surface area contributed by atoms with Gasteiger partial charge in [0.05, 0.1) is 15.7 Å². The van der Waals surface area contributed by atoms with E-state index in [1.54, 1.807) is 0 Å². The molecule has 0 aliphatic carbocycles. The van der Waals surface area contributed by atoms with Crippen molar-refractivity contribution in [2.45, 2.75) is 37.5 Å². The molecule has 0 atom stereocenters. The van der Waals surface area contributed by atoms with E-state index in [0.717, 1.165) is 25.7 Å². The minimum absolute atomic E-state index is 0.0122. The molecular weight excluding hydrogens is 331 g/mol. The number of hydrogen-bond acceptors (Lipinski definition) is 3. The van der Waals surface area contributed by atoms with Crippen LogP contribution in [0.15, 0.2) is 17.0 Å². The zero-order valence-corrected chi connectivity index (χ0v) is 14.3. The summed E-state index contributed by atoms with van der Waals surface area (Å²) >= 11 is 11.9. The van der Waals surface area contributed by atoms with Gasteiger partial charge >= 0.3 is 0 Å². The zero-order valence-electron chi connectivity index (χ0n) is 12.0. The Morgan fingerprint density at radius 3 is 2.48 bits per heavy atom. The maximum Gasteiger partial charge on any atom is 0.244 e. The number of nitrogens with two attached hydrogens (primary N) is 1. The fraction of sp³-hybridized carbons (Fsp3) is 0.571. The summed E-state index contributed by atoms with van der Waals surface area (Å²) in [7, 11) is -3.61. The van der Waals surface area contributed by atoms with Crippen LogP contribution in [-0.4, -0.2) is 25.8 Å². The van der Waals surface area contributed by atoms with Gasteiger partial charge < -0.3 is 5.73 Å². The van der Waals surface area contributed by atoms with Crippen molar-refractivity contribution >= 4 is 38.9 Å². The molecule has 7 heteroatoms. The van der Waals surface area contributed by atoms with Crippen molar-refractivity contribution in [2.24, 2.45) is 5.92 Å². The van der Waals surface area contributed by atoms with Crippen molar-refractivity contribution in [1.82, 2.24) is 4.31 Å². The van der Waals surface area contributed by atoms with Crippen molar-refractivity contribution in [3.05, 3.63) is 22.2 Å². The predicted octanol–water partition coefficient (Wildman–Crippen LogP) is 3.78. The molecule has 1 aliphatic heterocycles. The number of nitrogens with zero attached hydrogens (tertiary/aromatic N) is 1. The van der Waals surface area contributed by atoms with Crippen LogP contribution in [0.25, 0.3) is 0 Å². The number of benzene rings is 1. The number of anilines is 1. The minimum Gasteiger partial charge on any atom is -0.396 e. The third-order valence-corrected chi connectivity index (χ3v) is 6.77. The van der Waals surface area contributed by atoms with Crippen LogP contribution in [0.1, 0.15) is 32.6 Å². The smallest absolute Gasteiger partial charge is 0.244 e. The molecule has 4 nitrogen and oxygen atoms in total. The lowest BCUT2D eigenvalue weighted by molar-refractivity contribution is 0.262. The molecule has 1 aliphatic rings. The third kappa shape index (κ3) is 3.47. The molecule has 2 rings (SSSR count). The molecule has 1 aromatic carbocycles. The fourth-order valence-electron chi connectivity index (χ4n) is 2.73. The van der Waals surface area contributed by atoms with Gasteiger partial charge in [0.25, 0.3) is 0 Å². The van der Waals surface area contributed by atoms with Crippen LogP contribution in [0, 0.1) is 5.92 Å². The highest BCUT2D eigenvalue weighted by Gasteiger charge is 2.31. The minimum atomic E-state index is -3.61. The van der Waals surface area contributed by atoms with Crippen LogP contribution < -0.4 is 5.73 Å². The van der Waals surface area contributed by atoms with Gasteiger partial charge in [0, 0.05) is 13.1 Å². The standard InChI is InChI=1S/C14H20Cl2N2O2S/c1-2-3-10-6-8-18(9-7-10)21(19,20)12-5-4-11(15)14(17)13(12)16/h4-5,10H,2-3,6-9,17H2,1H3. The summed E-state index contributed by atoms with van der Waals surface area (Å²) in [5.41, 5.74) is 5.84. The van der Waals surface area contributed by atoms with E-state index >= 15 is 0 Å². The summed E-state index contributed by atoms with van der Waals surface area (Å²) < 4.78 is 26.9. The van der Waals surface area contributed by atoms with E-state index in [0.29, 0.717) is 19.0 Å². The van der Waals surface area contributed by atoms with Gasteiger partial charge in [-0.05, 0) is 30.9 Å². The molecule has 1 saturated heterocycles. The van der Waals surface area contributed by atoms with Crippen LogP contribution in [0.4, 0.5) is 5.69 Å². The van der Waals surface area contributed by atoms with Gasteiger partial charge in [-0.15, -0.1) is 0 Å². The van der Waals surface area contributed by atoms with Crippen LogP contribution in [0.2, 0.25) is 10.0 Å². The summed E-state index contributed by atoms with van der Waals surface area (Å²) in [6.45, 7) is 3.22. The zero-order chi connectivity index (χ0) is 15.6. The Bertz CT molecular complexity index is 612. The van der Waals surface area contributed by atoms with E-state index in [9.17, 15) is 8.42 Å². The molecule has 0 unspecified atom stereocenters. The lowest BCUT2D eigenvalue weighted by atomic mass is 9.94. The van der Waals surface area contributed by atoms with Gasteiger partial charge in [0.15, 0.2) is 0 Å². The number of nitrogen functional groups attached to an aromatic ring is 1. The monoisotopic (exact) mass is 350 g/mol. The normalized spacial score (nSPS) is 18.0. The van der Waals surface area contributed by atoms with Gasteiger partial charge in [0.2, 0.25) is 10.0 Å². The van der Waals surface area contributed by atoms with Crippen molar-refractivity contribution in [3.8, 4) is 0 Å². The highest BCUT2D eigenvalue weighted by atomic mass is 35.5. The Labute approximate surface area is 136 Å². The number of halogens is 2. The summed E-state index contributed by atoms with van der Waals surface area (Å²) in [5, 5.41) is 0.277. The topological polar surface area (TPSA) is 63.4 Å². The molecule has 2 N–H and O–H groups in total. The summed E-state index contributed by atoms with van der Waals surface area (Å²) in [4.78, 5) is 0.0417. The first-order chi connectivity index (χ1) is 9.87. The van der Waals surface area contributed by atoms with Crippen LogP contribution in [-0.2, 0) is 10.0 Å². The van der Waals surface area contributed by atoms with Gasteiger partial charge in [0.1, 0.15) is 4.90 Å². The van der Waals surface area contributed by atoms with Crippen LogP contribution >= 0.6 is 23.2 Å². The largest absolute Gasteiger partial charge is 0.396 e. The molecule has 0 radical (unpaired) electrons. The first-order valence-corrected chi connectivity index (χ1v) is 9.31. The Balaban J connectivity index is 2.22. The summed E-state index contributed by atoms with van der Waals surface area (Å²) in [6.07, 6.45) is 4.08. The Kier molecular flexibility index (Phi) is 5.41. The van der Waals surface area contributed by atoms with Crippen molar-refractivity contribution in [1.29, 1.82) is 0 Å². The Hall–Kier alpha value is -0.490. The van der Waals surface area contributed by atoms with Gasteiger partial charge in [-0.1, -0.05) is 43.0 Å². The van der Waals surface area contributed by atoms with E-state index in [4.69, 9.17) is 28.9 Å². The second-order valence-corrected chi connectivity index (χ2v) is 8.10. The SMILES string of the molecule is CCCC1CCN(S(=O)(=O)c2ccc(Cl)c(N)c2Cl)CC1. The molecule has 1 aromatic rings. The molecule has 1 heterocycles. The maximum atomic E-state index is 12.7. The summed E-state index contributed by atoms with van der Waals surface area (Å²) in [5.74, 6) is 0.618. The molecule has 0 spiro atoms. The first-order valence-electron chi connectivity index (χ1n) is 7.11. The van der Waals surface area contributed by atoms with E-state index < -0.39 is 10.0 Å². The Morgan fingerprint density at radius 2 is 1.90 bits per heavy atom. The fourth-order valence-corrected chi connectivity index (χ4v) is 4.94. The molecular formula is C14H20Cl2N2O2S. The lowest BCUT2D eigenvalue weighted by Crippen LogP contribution is -2.38. The number of sulfonamides is 1. The highest BCUT2D eigenvalue weighted by molar-refractivity contribution is 7.89.